The Hall–Kier alpha value is -3.42. The van der Waals surface area contributed by atoms with Crippen molar-refractivity contribution in [3.8, 4) is 5.69 Å². The zero-order chi connectivity index (χ0) is 20.4. The SMILES string of the molecule is CCn1ncc(NC(=O)c2c(C)nn(-c3ccccc3)c2C)c1C(=O)N(C)C. The maximum Gasteiger partial charge on any atom is 0.273 e. The Labute approximate surface area is 163 Å². The van der Waals surface area contributed by atoms with Gasteiger partial charge in [-0.2, -0.15) is 10.2 Å². The average Bonchev–Trinajstić information content (AvgIpc) is 3.21. The van der Waals surface area contributed by atoms with Crippen LogP contribution in [0.3, 0.4) is 0 Å². The van der Waals surface area contributed by atoms with Gasteiger partial charge in [-0.25, -0.2) is 4.68 Å². The second-order valence-electron chi connectivity index (χ2n) is 6.67. The van der Waals surface area contributed by atoms with Gasteiger partial charge in [-0.05, 0) is 32.9 Å². The molecular weight excluding hydrogens is 356 g/mol. The summed E-state index contributed by atoms with van der Waals surface area (Å²) in [5.74, 6) is -0.538. The third-order valence-corrected chi connectivity index (χ3v) is 4.52. The summed E-state index contributed by atoms with van der Waals surface area (Å²) in [4.78, 5) is 27.0. The molecule has 2 amide bonds. The van der Waals surface area contributed by atoms with Crippen LogP contribution in [0.15, 0.2) is 36.5 Å². The highest BCUT2D eigenvalue weighted by molar-refractivity contribution is 6.09. The third-order valence-electron chi connectivity index (χ3n) is 4.52. The van der Waals surface area contributed by atoms with Crippen molar-refractivity contribution >= 4 is 17.5 Å². The largest absolute Gasteiger partial charge is 0.343 e. The normalized spacial score (nSPS) is 10.8. The Kier molecular flexibility index (Phi) is 5.30. The zero-order valence-corrected chi connectivity index (χ0v) is 16.7. The number of benzene rings is 1. The van der Waals surface area contributed by atoms with E-state index < -0.39 is 0 Å². The second-order valence-corrected chi connectivity index (χ2v) is 6.67. The van der Waals surface area contributed by atoms with Crippen LogP contribution < -0.4 is 5.32 Å². The van der Waals surface area contributed by atoms with Gasteiger partial charge >= 0.3 is 0 Å². The molecule has 28 heavy (non-hydrogen) atoms. The third kappa shape index (κ3) is 3.40. The van der Waals surface area contributed by atoms with Gasteiger partial charge in [0.25, 0.3) is 11.8 Å². The van der Waals surface area contributed by atoms with E-state index in [1.54, 1.807) is 30.4 Å². The lowest BCUT2D eigenvalue weighted by Gasteiger charge is -2.13. The van der Waals surface area contributed by atoms with E-state index in [1.807, 2.05) is 44.2 Å². The van der Waals surface area contributed by atoms with Crippen LogP contribution in [0.1, 0.15) is 39.2 Å². The monoisotopic (exact) mass is 380 g/mol. The molecule has 1 aromatic carbocycles. The van der Waals surface area contributed by atoms with E-state index in [4.69, 9.17) is 0 Å². The van der Waals surface area contributed by atoms with Crippen LogP contribution in [0.4, 0.5) is 5.69 Å². The van der Waals surface area contributed by atoms with Crippen LogP contribution in [-0.4, -0.2) is 50.4 Å². The smallest absolute Gasteiger partial charge is 0.273 e. The van der Waals surface area contributed by atoms with Crippen LogP contribution in [-0.2, 0) is 6.54 Å². The summed E-state index contributed by atoms with van der Waals surface area (Å²) in [6, 6.07) is 9.63. The number of aryl methyl sites for hydroxylation is 2. The van der Waals surface area contributed by atoms with Gasteiger partial charge in [0.05, 0.1) is 34.5 Å². The van der Waals surface area contributed by atoms with Gasteiger partial charge in [-0.1, -0.05) is 18.2 Å². The van der Waals surface area contributed by atoms with Gasteiger partial charge in [0.2, 0.25) is 0 Å². The molecule has 146 valence electrons. The molecule has 0 atom stereocenters. The molecule has 8 heteroatoms. The molecule has 0 saturated heterocycles. The predicted molar refractivity (Wildman–Crippen MR) is 107 cm³/mol. The molecule has 0 aliphatic rings. The lowest BCUT2D eigenvalue weighted by atomic mass is 10.1. The maximum atomic E-state index is 13.0. The van der Waals surface area contributed by atoms with Crippen molar-refractivity contribution in [2.45, 2.75) is 27.3 Å². The van der Waals surface area contributed by atoms with E-state index in [2.05, 4.69) is 15.5 Å². The number of aromatic nitrogens is 4. The first kappa shape index (κ1) is 19.3. The number of rotatable bonds is 5. The Morgan fingerprint density at radius 3 is 2.43 bits per heavy atom. The highest BCUT2D eigenvalue weighted by Crippen LogP contribution is 2.22. The van der Waals surface area contributed by atoms with Crippen LogP contribution in [0, 0.1) is 13.8 Å². The summed E-state index contributed by atoms with van der Waals surface area (Å²) in [5, 5.41) is 11.6. The van der Waals surface area contributed by atoms with Crippen molar-refractivity contribution in [3.63, 3.8) is 0 Å². The topological polar surface area (TPSA) is 85.0 Å². The lowest BCUT2D eigenvalue weighted by molar-refractivity contribution is 0.0816. The molecule has 0 unspecified atom stereocenters. The quantitative estimate of drug-likeness (QED) is 0.737. The highest BCUT2D eigenvalue weighted by Gasteiger charge is 2.24. The number of nitrogens with one attached hydrogen (secondary N) is 1. The van der Waals surface area contributed by atoms with Gasteiger partial charge < -0.3 is 10.2 Å². The minimum absolute atomic E-state index is 0.219. The van der Waals surface area contributed by atoms with E-state index in [0.29, 0.717) is 29.2 Å². The molecule has 0 bridgehead atoms. The fourth-order valence-electron chi connectivity index (χ4n) is 3.13. The summed E-state index contributed by atoms with van der Waals surface area (Å²) in [6.45, 7) is 6.06. The molecule has 0 aliphatic carbocycles. The molecular formula is C20H24N6O2. The van der Waals surface area contributed by atoms with E-state index in [-0.39, 0.29) is 11.8 Å². The molecule has 0 aliphatic heterocycles. The summed E-state index contributed by atoms with van der Waals surface area (Å²) in [6.07, 6.45) is 1.50. The number of nitrogens with zero attached hydrogens (tertiary/aromatic N) is 5. The van der Waals surface area contributed by atoms with Gasteiger partial charge in [-0.15, -0.1) is 0 Å². The van der Waals surface area contributed by atoms with Crippen LogP contribution in [0.5, 0.6) is 0 Å². The van der Waals surface area contributed by atoms with Crippen LogP contribution >= 0.6 is 0 Å². The van der Waals surface area contributed by atoms with Gasteiger partial charge in [0.15, 0.2) is 0 Å². The molecule has 1 N–H and O–H groups in total. The van der Waals surface area contributed by atoms with Crippen molar-refractivity contribution in [3.05, 3.63) is 59.2 Å². The fraction of sp³-hybridized carbons (Fsp3) is 0.300. The molecule has 8 nitrogen and oxygen atoms in total. The van der Waals surface area contributed by atoms with E-state index in [1.165, 1.54) is 11.1 Å². The Bertz CT molecular complexity index is 1020. The van der Waals surface area contributed by atoms with Crippen molar-refractivity contribution in [2.24, 2.45) is 0 Å². The van der Waals surface area contributed by atoms with Gasteiger partial charge in [-0.3, -0.25) is 14.3 Å². The highest BCUT2D eigenvalue weighted by atomic mass is 16.2. The minimum atomic E-state index is -0.319. The second kappa shape index (κ2) is 7.67. The Morgan fingerprint density at radius 1 is 1.14 bits per heavy atom. The number of anilines is 1. The molecule has 2 aromatic heterocycles. The number of hydrogen-bond donors (Lipinski definition) is 1. The van der Waals surface area contributed by atoms with Gasteiger partial charge in [0, 0.05) is 20.6 Å². The van der Waals surface area contributed by atoms with Gasteiger partial charge in [0.1, 0.15) is 5.69 Å². The number of carbonyl (C=O) groups excluding carboxylic acids is 2. The molecule has 2 heterocycles. The number of carbonyl (C=O) groups is 2. The fourth-order valence-corrected chi connectivity index (χ4v) is 3.13. The number of para-hydroxylation sites is 1. The van der Waals surface area contributed by atoms with Crippen molar-refractivity contribution in [1.29, 1.82) is 0 Å². The molecule has 3 rings (SSSR count). The summed E-state index contributed by atoms with van der Waals surface area (Å²) in [5.41, 5.74) is 3.44. The number of amides is 2. The first-order valence-corrected chi connectivity index (χ1v) is 9.05. The lowest BCUT2D eigenvalue weighted by Crippen LogP contribution is -2.26. The average molecular weight is 380 g/mol. The van der Waals surface area contributed by atoms with Crippen molar-refractivity contribution < 1.29 is 9.59 Å². The van der Waals surface area contributed by atoms with Crippen LogP contribution in [0.2, 0.25) is 0 Å². The minimum Gasteiger partial charge on any atom is -0.343 e. The first-order chi connectivity index (χ1) is 13.3. The van der Waals surface area contributed by atoms with Crippen LogP contribution in [0.25, 0.3) is 5.69 Å². The molecule has 0 spiro atoms. The molecule has 0 saturated carbocycles. The zero-order valence-electron chi connectivity index (χ0n) is 16.7. The summed E-state index contributed by atoms with van der Waals surface area (Å²) >= 11 is 0. The molecule has 3 aromatic rings. The Balaban J connectivity index is 1.96. The predicted octanol–water partition coefficient (Wildman–Crippen LogP) is 2.66. The number of hydrogen-bond acceptors (Lipinski definition) is 4. The summed E-state index contributed by atoms with van der Waals surface area (Å²) < 4.78 is 3.32. The van der Waals surface area contributed by atoms with E-state index >= 15 is 0 Å². The maximum absolute atomic E-state index is 13.0. The first-order valence-electron chi connectivity index (χ1n) is 9.05. The van der Waals surface area contributed by atoms with Crippen molar-refractivity contribution in [1.82, 2.24) is 24.5 Å². The Morgan fingerprint density at radius 2 is 1.82 bits per heavy atom. The van der Waals surface area contributed by atoms with E-state index in [0.717, 1.165) is 11.4 Å². The molecule has 0 radical (unpaired) electrons. The summed E-state index contributed by atoms with van der Waals surface area (Å²) in [7, 11) is 3.33. The standard InChI is InChI=1S/C20H24N6O2/c1-6-25-18(20(28)24(4)5)16(12-21-25)22-19(27)17-13(2)23-26(14(17)3)15-10-8-7-9-11-15/h7-12H,6H2,1-5H3,(H,22,27). The van der Waals surface area contributed by atoms with E-state index in [9.17, 15) is 9.59 Å². The van der Waals surface area contributed by atoms with Crippen molar-refractivity contribution in [2.75, 3.05) is 19.4 Å². The molecule has 0 fully saturated rings.